The standard InChI is InChI=1S/C14H13N5O/c20-14-8-13(16-12-4-1-2-6-18(12)14)17-9-11(10-17)19-7-3-5-15-19/h1-8,11H,9-10H2. The number of pyridine rings is 1. The lowest BCUT2D eigenvalue weighted by Crippen LogP contribution is -2.48. The summed E-state index contributed by atoms with van der Waals surface area (Å²) < 4.78 is 3.50. The summed E-state index contributed by atoms with van der Waals surface area (Å²) >= 11 is 0. The largest absolute Gasteiger partial charge is 0.352 e. The molecular formula is C14H13N5O. The molecule has 1 aliphatic rings. The van der Waals surface area contributed by atoms with E-state index in [-0.39, 0.29) is 5.56 Å². The fraction of sp³-hybridized carbons (Fsp3) is 0.214. The molecule has 0 amide bonds. The van der Waals surface area contributed by atoms with Gasteiger partial charge in [0, 0.05) is 37.7 Å². The maximum absolute atomic E-state index is 12.0. The van der Waals surface area contributed by atoms with Gasteiger partial charge >= 0.3 is 0 Å². The normalized spacial score (nSPS) is 15.5. The Balaban J connectivity index is 1.63. The summed E-state index contributed by atoms with van der Waals surface area (Å²) in [5.41, 5.74) is 0.630. The highest BCUT2D eigenvalue weighted by molar-refractivity contribution is 5.49. The molecule has 0 spiro atoms. The number of anilines is 1. The average molecular weight is 267 g/mol. The number of rotatable bonds is 2. The van der Waals surface area contributed by atoms with Gasteiger partial charge in [0.2, 0.25) is 0 Å². The van der Waals surface area contributed by atoms with Gasteiger partial charge in [0.15, 0.2) is 0 Å². The van der Waals surface area contributed by atoms with Crippen molar-refractivity contribution in [2.45, 2.75) is 6.04 Å². The van der Waals surface area contributed by atoms with E-state index in [1.54, 1.807) is 22.9 Å². The molecule has 1 saturated heterocycles. The van der Waals surface area contributed by atoms with Crippen molar-refractivity contribution in [2.24, 2.45) is 0 Å². The van der Waals surface area contributed by atoms with Gasteiger partial charge in [-0.2, -0.15) is 5.10 Å². The van der Waals surface area contributed by atoms with Crippen LogP contribution in [0.1, 0.15) is 6.04 Å². The van der Waals surface area contributed by atoms with Crippen LogP contribution in [0.2, 0.25) is 0 Å². The Morgan fingerprint density at radius 1 is 1.15 bits per heavy atom. The third-order valence-corrected chi connectivity index (χ3v) is 3.64. The van der Waals surface area contributed by atoms with Crippen molar-refractivity contribution in [1.82, 2.24) is 19.2 Å². The van der Waals surface area contributed by atoms with E-state index in [9.17, 15) is 4.79 Å². The van der Waals surface area contributed by atoms with Crippen molar-refractivity contribution in [3.63, 3.8) is 0 Å². The minimum atomic E-state index is -0.0480. The Morgan fingerprint density at radius 2 is 2.05 bits per heavy atom. The minimum absolute atomic E-state index is 0.0480. The second kappa shape index (κ2) is 4.19. The van der Waals surface area contributed by atoms with Crippen LogP contribution in [-0.4, -0.2) is 32.3 Å². The minimum Gasteiger partial charge on any atom is -0.352 e. The maximum Gasteiger partial charge on any atom is 0.259 e. The van der Waals surface area contributed by atoms with Gasteiger partial charge in [-0.15, -0.1) is 0 Å². The summed E-state index contributed by atoms with van der Waals surface area (Å²) in [4.78, 5) is 18.7. The fourth-order valence-electron chi connectivity index (χ4n) is 2.51. The molecule has 20 heavy (non-hydrogen) atoms. The molecule has 3 aromatic rings. The van der Waals surface area contributed by atoms with E-state index in [1.807, 2.05) is 35.1 Å². The zero-order chi connectivity index (χ0) is 13.5. The van der Waals surface area contributed by atoms with Crippen molar-refractivity contribution in [3.05, 3.63) is 59.3 Å². The zero-order valence-corrected chi connectivity index (χ0v) is 10.8. The molecular weight excluding hydrogens is 254 g/mol. The van der Waals surface area contributed by atoms with Crippen LogP contribution in [-0.2, 0) is 0 Å². The molecule has 0 aliphatic carbocycles. The Kier molecular flexibility index (Phi) is 2.35. The van der Waals surface area contributed by atoms with E-state index in [0.29, 0.717) is 11.7 Å². The van der Waals surface area contributed by atoms with E-state index >= 15 is 0 Å². The van der Waals surface area contributed by atoms with Crippen LogP contribution in [0.4, 0.5) is 5.82 Å². The van der Waals surface area contributed by atoms with Crippen LogP contribution in [0.3, 0.4) is 0 Å². The molecule has 100 valence electrons. The summed E-state index contributed by atoms with van der Waals surface area (Å²) in [6.07, 6.45) is 5.48. The second-order valence-corrected chi connectivity index (χ2v) is 4.93. The molecule has 1 fully saturated rings. The first-order valence-corrected chi connectivity index (χ1v) is 6.54. The lowest BCUT2D eigenvalue weighted by molar-refractivity contribution is 0.366. The third-order valence-electron chi connectivity index (χ3n) is 3.64. The molecule has 0 bridgehead atoms. The molecule has 6 nitrogen and oxygen atoms in total. The Hall–Kier alpha value is -2.63. The van der Waals surface area contributed by atoms with Gasteiger partial charge < -0.3 is 4.90 Å². The van der Waals surface area contributed by atoms with Gasteiger partial charge in [-0.3, -0.25) is 13.9 Å². The molecule has 0 radical (unpaired) electrons. The van der Waals surface area contributed by atoms with Crippen LogP contribution in [0.25, 0.3) is 5.65 Å². The van der Waals surface area contributed by atoms with Crippen molar-refractivity contribution in [2.75, 3.05) is 18.0 Å². The monoisotopic (exact) mass is 267 g/mol. The number of hydrogen-bond donors (Lipinski definition) is 0. The predicted molar refractivity (Wildman–Crippen MR) is 74.9 cm³/mol. The first-order chi connectivity index (χ1) is 9.81. The van der Waals surface area contributed by atoms with E-state index in [0.717, 1.165) is 18.9 Å². The van der Waals surface area contributed by atoms with Crippen LogP contribution >= 0.6 is 0 Å². The SMILES string of the molecule is O=c1cc(N2CC(n3cccn3)C2)nc2ccccn12. The average Bonchev–Trinajstić information content (AvgIpc) is 2.91. The molecule has 0 unspecified atom stereocenters. The number of fused-ring (bicyclic) bond motifs is 1. The molecule has 0 saturated carbocycles. The van der Waals surface area contributed by atoms with E-state index in [1.165, 1.54) is 0 Å². The van der Waals surface area contributed by atoms with Gasteiger partial charge in [-0.1, -0.05) is 6.07 Å². The van der Waals surface area contributed by atoms with Gasteiger partial charge in [-0.25, -0.2) is 4.98 Å². The Morgan fingerprint density at radius 3 is 2.85 bits per heavy atom. The van der Waals surface area contributed by atoms with Gasteiger partial charge in [0.1, 0.15) is 11.5 Å². The van der Waals surface area contributed by atoms with Crippen LogP contribution in [0.15, 0.2) is 53.7 Å². The van der Waals surface area contributed by atoms with Gasteiger partial charge in [0.05, 0.1) is 6.04 Å². The summed E-state index contributed by atoms with van der Waals surface area (Å²) in [5.74, 6) is 0.740. The molecule has 1 aliphatic heterocycles. The van der Waals surface area contributed by atoms with Crippen molar-refractivity contribution >= 4 is 11.5 Å². The number of hydrogen-bond acceptors (Lipinski definition) is 4. The van der Waals surface area contributed by atoms with Crippen molar-refractivity contribution < 1.29 is 0 Å². The second-order valence-electron chi connectivity index (χ2n) is 4.93. The van der Waals surface area contributed by atoms with E-state index in [4.69, 9.17) is 0 Å². The molecule has 6 heteroatoms. The third kappa shape index (κ3) is 1.69. The lowest BCUT2D eigenvalue weighted by atomic mass is 10.1. The van der Waals surface area contributed by atoms with Gasteiger partial charge in [-0.05, 0) is 18.2 Å². The molecule has 0 atom stereocenters. The Bertz CT molecular complexity index is 802. The topological polar surface area (TPSA) is 55.4 Å². The van der Waals surface area contributed by atoms with Crippen LogP contribution in [0.5, 0.6) is 0 Å². The maximum atomic E-state index is 12.0. The first kappa shape index (κ1) is 11.2. The summed E-state index contributed by atoms with van der Waals surface area (Å²) in [7, 11) is 0. The van der Waals surface area contributed by atoms with E-state index < -0.39 is 0 Å². The highest BCUT2D eigenvalue weighted by Crippen LogP contribution is 2.25. The first-order valence-electron chi connectivity index (χ1n) is 6.54. The Labute approximate surface area is 114 Å². The summed E-state index contributed by atoms with van der Waals surface area (Å²) in [6.45, 7) is 1.66. The number of nitrogens with zero attached hydrogens (tertiary/aromatic N) is 5. The molecule has 0 aromatic carbocycles. The van der Waals surface area contributed by atoms with Gasteiger partial charge in [0.25, 0.3) is 5.56 Å². The van der Waals surface area contributed by atoms with Crippen molar-refractivity contribution in [1.29, 1.82) is 0 Å². The highest BCUT2D eigenvalue weighted by atomic mass is 16.1. The van der Waals surface area contributed by atoms with E-state index in [2.05, 4.69) is 15.0 Å². The highest BCUT2D eigenvalue weighted by Gasteiger charge is 2.29. The lowest BCUT2D eigenvalue weighted by Gasteiger charge is -2.39. The predicted octanol–water partition coefficient (Wildman–Crippen LogP) is 0.952. The molecule has 0 N–H and O–H groups in total. The smallest absolute Gasteiger partial charge is 0.259 e. The van der Waals surface area contributed by atoms with Crippen molar-refractivity contribution in [3.8, 4) is 0 Å². The summed E-state index contributed by atoms with van der Waals surface area (Å²) in [6, 6.07) is 9.42. The molecule has 4 heterocycles. The number of aromatic nitrogens is 4. The van der Waals surface area contributed by atoms with Crippen LogP contribution < -0.4 is 10.5 Å². The summed E-state index contributed by atoms with van der Waals surface area (Å²) in [5, 5.41) is 4.24. The molecule has 4 rings (SSSR count). The fourth-order valence-corrected chi connectivity index (χ4v) is 2.51. The quantitative estimate of drug-likeness (QED) is 0.694. The zero-order valence-electron chi connectivity index (χ0n) is 10.8. The molecule has 3 aromatic heterocycles. The van der Waals surface area contributed by atoms with Crippen LogP contribution in [0, 0.1) is 0 Å².